The first-order valence-electron chi connectivity index (χ1n) is 9.58. The van der Waals surface area contributed by atoms with Gasteiger partial charge in [0.15, 0.2) is 0 Å². The lowest BCUT2D eigenvalue weighted by Crippen LogP contribution is -2.44. The minimum atomic E-state index is 0.202. The molecule has 3 aliphatic heterocycles. The number of para-hydroxylation sites is 2. The van der Waals surface area contributed by atoms with Crippen LogP contribution in [0, 0.1) is 5.92 Å². The minimum Gasteiger partial charge on any atom is -0.348 e. The first-order valence-corrected chi connectivity index (χ1v) is 9.58. The molecule has 140 valence electrons. The first kappa shape index (κ1) is 17.5. The van der Waals surface area contributed by atoms with Gasteiger partial charge in [0.25, 0.3) is 0 Å². The van der Waals surface area contributed by atoms with Crippen molar-refractivity contribution in [3.05, 3.63) is 30.1 Å². The highest BCUT2D eigenvalue weighted by Gasteiger charge is 2.35. The maximum atomic E-state index is 12.1. The van der Waals surface area contributed by atoms with E-state index in [1.54, 1.807) is 4.90 Å². The van der Waals surface area contributed by atoms with Crippen LogP contribution in [0.15, 0.2) is 24.3 Å². The number of hydrogen-bond acceptors (Lipinski definition) is 4. The van der Waals surface area contributed by atoms with Crippen molar-refractivity contribution in [2.45, 2.75) is 25.4 Å². The summed E-state index contributed by atoms with van der Waals surface area (Å²) >= 11 is 0. The summed E-state index contributed by atoms with van der Waals surface area (Å²) in [5.74, 6) is 1.99. The predicted molar refractivity (Wildman–Crippen MR) is 103 cm³/mol. The van der Waals surface area contributed by atoms with Crippen LogP contribution in [-0.2, 0) is 18.4 Å². The van der Waals surface area contributed by atoms with Gasteiger partial charge in [-0.2, -0.15) is 0 Å². The zero-order valence-electron chi connectivity index (χ0n) is 16.1. The third kappa shape index (κ3) is 3.35. The van der Waals surface area contributed by atoms with Crippen molar-refractivity contribution in [2.75, 3.05) is 40.3 Å². The zero-order chi connectivity index (χ0) is 18.3. The Morgan fingerprint density at radius 3 is 2.77 bits per heavy atom. The number of aromatic nitrogens is 2. The number of nitrogens with zero attached hydrogens (tertiary/aromatic N) is 5. The van der Waals surface area contributed by atoms with Gasteiger partial charge in [-0.15, -0.1) is 0 Å². The fraction of sp³-hybridized carbons (Fsp3) is 0.600. The van der Waals surface area contributed by atoms with Gasteiger partial charge in [-0.05, 0) is 30.9 Å². The third-order valence-corrected chi connectivity index (χ3v) is 5.98. The Morgan fingerprint density at radius 2 is 2.00 bits per heavy atom. The van der Waals surface area contributed by atoms with E-state index in [2.05, 4.69) is 39.6 Å². The van der Waals surface area contributed by atoms with Crippen molar-refractivity contribution in [1.29, 1.82) is 0 Å². The van der Waals surface area contributed by atoms with E-state index in [9.17, 15) is 4.79 Å². The monoisotopic (exact) mass is 355 g/mol. The summed E-state index contributed by atoms with van der Waals surface area (Å²) in [5, 5.41) is 0. The van der Waals surface area contributed by atoms with Crippen LogP contribution in [0.25, 0.3) is 11.0 Å². The van der Waals surface area contributed by atoms with Gasteiger partial charge < -0.3 is 9.47 Å². The van der Waals surface area contributed by atoms with Gasteiger partial charge in [0, 0.05) is 46.8 Å². The molecule has 5 rings (SSSR count). The number of aryl methyl sites for hydroxylation is 1. The highest BCUT2D eigenvalue weighted by Crippen LogP contribution is 2.29. The fourth-order valence-corrected chi connectivity index (χ4v) is 4.45. The summed E-state index contributed by atoms with van der Waals surface area (Å²) in [5.41, 5.74) is 2.27. The predicted octanol–water partition coefficient (Wildman–Crippen LogP) is 1.56. The van der Waals surface area contributed by atoms with Crippen molar-refractivity contribution in [3.63, 3.8) is 0 Å². The number of fused-ring (bicyclic) bond motifs is 5. The lowest BCUT2D eigenvalue weighted by Gasteiger charge is -2.35. The van der Waals surface area contributed by atoms with Gasteiger partial charge in [-0.3, -0.25) is 14.6 Å². The molecule has 2 aromatic rings. The second-order valence-corrected chi connectivity index (χ2v) is 8.08. The Bertz CT molecular complexity index is 799. The van der Waals surface area contributed by atoms with Crippen LogP contribution in [0.3, 0.4) is 0 Å². The molecule has 3 fully saturated rings. The van der Waals surface area contributed by atoms with Gasteiger partial charge in [-0.25, -0.2) is 4.98 Å². The smallest absolute Gasteiger partial charge is 0.236 e. The summed E-state index contributed by atoms with van der Waals surface area (Å²) in [6.45, 7) is 4.57. The second kappa shape index (κ2) is 7.00. The van der Waals surface area contributed by atoms with Gasteiger partial charge in [0.1, 0.15) is 5.82 Å². The molecule has 2 atom stereocenters. The van der Waals surface area contributed by atoms with Crippen LogP contribution >= 0.6 is 0 Å². The van der Waals surface area contributed by atoms with Crippen LogP contribution in [-0.4, -0.2) is 76.5 Å². The largest absolute Gasteiger partial charge is 0.348 e. The lowest BCUT2D eigenvalue weighted by molar-refractivity contribution is -0.130. The van der Waals surface area contributed by atoms with Gasteiger partial charge in [-0.1, -0.05) is 12.1 Å². The molecule has 1 aromatic carbocycles. The van der Waals surface area contributed by atoms with E-state index >= 15 is 0 Å². The molecule has 0 N–H and O–H groups in total. The Hall–Kier alpha value is -1.92. The van der Waals surface area contributed by atoms with Gasteiger partial charge >= 0.3 is 0 Å². The standard InChI is InChI=1S/C20H29N5O/c1-22(2)20(26)14-24-10-15-8-9-16(12-24)25(11-15)13-19-21-17-6-4-5-7-18(17)23(19)3/h4-7,15-16H,8-14H2,1-3H3/t15-,16+/m0/s1. The number of imidazole rings is 1. The van der Waals surface area contributed by atoms with Crippen molar-refractivity contribution in [2.24, 2.45) is 13.0 Å². The van der Waals surface area contributed by atoms with Crippen LogP contribution in [0.2, 0.25) is 0 Å². The number of benzene rings is 1. The van der Waals surface area contributed by atoms with Crippen molar-refractivity contribution >= 4 is 16.9 Å². The lowest BCUT2D eigenvalue weighted by atomic mass is 9.95. The van der Waals surface area contributed by atoms with Gasteiger partial charge in [0.2, 0.25) is 5.91 Å². The summed E-state index contributed by atoms with van der Waals surface area (Å²) in [4.78, 5) is 23.6. The zero-order valence-corrected chi connectivity index (χ0v) is 16.1. The fourth-order valence-electron chi connectivity index (χ4n) is 4.45. The van der Waals surface area contributed by atoms with E-state index in [4.69, 9.17) is 4.98 Å². The second-order valence-electron chi connectivity index (χ2n) is 8.08. The number of hydrogen-bond donors (Lipinski definition) is 0. The normalized spacial score (nSPS) is 24.1. The van der Waals surface area contributed by atoms with E-state index in [0.717, 1.165) is 37.5 Å². The Morgan fingerprint density at radius 1 is 1.19 bits per heavy atom. The van der Waals surface area contributed by atoms with Crippen LogP contribution in [0.5, 0.6) is 0 Å². The molecule has 0 spiro atoms. The first-order chi connectivity index (χ1) is 12.5. The number of carbonyl (C=O) groups excluding carboxylic acids is 1. The molecule has 1 amide bonds. The molecule has 26 heavy (non-hydrogen) atoms. The minimum absolute atomic E-state index is 0.202. The molecule has 0 radical (unpaired) electrons. The molecule has 2 bridgehead atoms. The highest BCUT2D eigenvalue weighted by molar-refractivity contribution is 5.77. The number of rotatable bonds is 4. The van der Waals surface area contributed by atoms with Crippen molar-refractivity contribution in [1.82, 2.24) is 24.3 Å². The maximum absolute atomic E-state index is 12.1. The molecule has 3 aliphatic rings. The summed E-state index contributed by atoms with van der Waals surface area (Å²) in [7, 11) is 5.79. The maximum Gasteiger partial charge on any atom is 0.236 e. The molecular weight excluding hydrogens is 326 g/mol. The van der Waals surface area contributed by atoms with Crippen LogP contribution < -0.4 is 0 Å². The van der Waals surface area contributed by atoms with E-state index in [1.165, 1.54) is 18.4 Å². The summed E-state index contributed by atoms with van der Waals surface area (Å²) in [6, 6.07) is 8.86. The SMILES string of the molecule is CN(C)C(=O)CN1C[C@@H]2CC[C@H](C1)N(Cc1nc3ccccc3n1C)C2. The molecule has 0 saturated carbocycles. The Balaban J connectivity index is 1.49. The molecule has 0 unspecified atom stereocenters. The van der Waals surface area contributed by atoms with Crippen molar-refractivity contribution < 1.29 is 4.79 Å². The molecule has 0 aliphatic carbocycles. The third-order valence-electron chi connectivity index (χ3n) is 5.98. The molecular formula is C20H29N5O. The van der Waals surface area contributed by atoms with Crippen LogP contribution in [0.4, 0.5) is 0 Å². The van der Waals surface area contributed by atoms with E-state index in [-0.39, 0.29) is 5.91 Å². The average molecular weight is 355 g/mol. The topological polar surface area (TPSA) is 44.6 Å². The Labute approximate surface area is 155 Å². The van der Waals surface area contributed by atoms with Crippen molar-refractivity contribution in [3.8, 4) is 0 Å². The molecule has 6 nitrogen and oxygen atoms in total. The summed E-state index contributed by atoms with van der Waals surface area (Å²) < 4.78 is 2.22. The van der Waals surface area contributed by atoms with Gasteiger partial charge in [0.05, 0.1) is 24.1 Å². The molecule has 1 aromatic heterocycles. The average Bonchev–Trinajstić information content (AvgIpc) is 2.76. The Kier molecular flexibility index (Phi) is 4.71. The van der Waals surface area contributed by atoms with E-state index in [1.807, 2.05) is 20.2 Å². The molecule has 3 saturated heterocycles. The highest BCUT2D eigenvalue weighted by atomic mass is 16.2. The number of amides is 1. The molecule has 6 heteroatoms. The van der Waals surface area contributed by atoms with E-state index < -0.39 is 0 Å². The summed E-state index contributed by atoms with van der Waals surface area (Å²) in [6.07, 6.45) is 2.50. The van der Waals surface area contributed by atoms with Crippen LogP contribution in [0.1, 0.15) is 18.7 Å². The number of piperidine rings is 1. The quantitative estimate of drug-likeness (QED) is 0.835. The molecule has 4 heterocycles. The number of carbonyl (C=O) groups is 1. The van der Waals surface area contributed by atoms with E-state index in [0.29, 0.717) is 18.5 Å². The number of likely N-dealkylation sites (N-methyl/N-ethyl adjacent to an activating group) is 1.